The fraction of sp³-hybridized carbons (Fsp3) is 0.500. The molecule has 1 aliphatic heterocycles. The van der Waals surface area contributed by atoms with E-state index in [9.17, 15) is 4.79 Å². The van der Waals surface area contributed by atoms with E-state index in [0.717, 1.165) is 47.0 Å². The molecule has 1 amide bonds. The van der Waals surface area contributed by atoms with Crippen molar-refractivity contribution < 1.29 is 14.4 Å². The van der Waals surface area contributed by atoms with Crippen molar-refractivity contribution in [2.45, 2.75) is 13.8 Å². The van der Waals surface area contributed by atoms with Gasteiger partial charge in [0.25, 0.3) is 5.91 Å². The van der Waals surface area contributed by atoms with Crippen LogP contribution in [0, 0.1) is 13.8 Å². The van der Waals surface area contributed by atoms with Crippen molar-refractivity contribution in [1.82, 2.24) is 5.43 Å². The summed E-state index contributed by atoms with van der Waals surface area (Å²) >= 11 is 1.95. The second kappa shape index (κ2) is 8.19. The van der Waals surface area contributed by atoms with Gasteiger partial charge in [0.2, 0.25) is 0 Å². The number of hydrazone groups is 1. The first-order valence-electron chi connectivity index (χ1n) is 7.49. The zero-order valence-corrected chi connectivity index (χ0v) is 14.3. The van der Waals surface area contributed by atoms with Gasteiger partial charge in [-0.3, -0.25) is 4.79 Å². The molecule has 1 saturated heterocycles. The van der Waals surface area contributed by atoms with Crippen molar-refractivity contribution in [3.05, 3.63) is 28.8 Å². The third-order valence-electron chi connectivity index (χ3n) is 4.00. The van der Waals surface area contributed by atoms with E-state index < -0.39 is 0 Å². The molecule has 0 spiro atoms. The summed E-state index contributed by atoms with van der Waals surface area (Å²) in [5.41, 5.74) is 5.81. The fourth-order valence-corrected chi connectivity index (χ4v) is 3.53. The van der Waals surface area contributed by atoms with Crippen LogP contribution in [0.3, 0.4) is 0 Å². The summed E-state index contributed by atoms with van der Waals surface area (Å²) in [7, 11) is 1.66. The highest BCUT2D eigenvalue weighted by Gasteiger charge is 2.17. The first-order valence-corrected chi connectivity index (χ1v) is 8.64. The molecule has 1 aliphatic rings. The van der Waals surface area contributed by atoms with Gasteiger partial charge in [-0.2, -0.15) is 16.9 Å². The van der Waals surface area contributed by atoms with E-state index in [-0.39, 0.29) is 5.91 Å². The lowest BCUT2D eigenvalue weighted by Gasteiger charge is -2.21. The Hall–Kier alpha value is -1.53. The average Bonchev–Trinajstić information content (AvgIpc) is 2.52. The summed E-state index contributed by atoms with van der Waals surface area (Å²) in [4.78, 5) is 13.2. The Morgan fingerprint density at radius 1 is 1.36 bits per heavy atom. The molecule has 0 radical (unpaired) electrons. The van der Waals surface area contributed by atoms with Gasteiger partial charge in [0.1, 0.15) is 5.75 Å². The number of methoxy groups -OCH3 is 1. The van der Waals surface area contributed by atoms with Gasteiger partial charge in [0.15, 0.2) is 6.54 Å². The first-order chi connectivity index (χ1) is 10.6. The monoisotopic (exact) mass is 322 g/mol. The molecular weight excluding hydrogens is 298 g/mol. The molecule has 6 heteroatoms. The van der Waals surface area contributed by atoms with Crippen LogP contribution in [0.2, 0.25) is 0 Å². The van der Waals surface area contributed by atoms with Crippen LogP contribution < -0.4 is 15.1 Å². The largest absolute Gasteiger partial charge is 0.496 e. The number of carbonyl (C=O) groups excluding carboxylic acids is 1. The highest BCUT2D eigenvalue weighted by atomic mass is 32.2. The van der Waals surface area contributed by atoms with Crippen LogP contribution in [0.15, 0.2) is 17.2 Å². The summed E-state index contributed by atoms with van der Waals surface area (Å²) in [6.07, 6.45) is 1.70. The molecule has 2 N–H and O–H groups in total. The molecular formula is C16H24N3O2S+. The van der Waals surface area contributed by atoms with Crippen LogP contribution in [0.5, 0.6) is 5.75 Å². The zero-order chi connectivity index (χ0) is 15.9. The number of hydrogen-bond donors (Lipinski definition) is 2. The number of quaternary nitrogens is 1. The second-order valence-electron chi connectivity index (χ2n) is 5.44. The minimum Gasteiger partial charge on any atom is -0.496 e. The smallest absolute Gasteiger partial charge is 0.295 e. The van der Waals surface area contributed by atoms with E-state index in [0.29, 0.717) is 6.54 Å². The number of amides is 1. The molecule has 120 valence electrons. The second-order valence-corrected chi connectivity index (χ2v) is 6.66. The van der Waals surface area contributed by atoms with E-state index in [1.54, 1.807) is 13.3 Å². The average molecular weight is 322 g/mol. The van der Waals surface area contributed by atoms with Crippen molar-refractivity contribution in [2.24, 2.45) is 5.10 Å². The predicted molar refractivity (Wildman–Crippen MR) is 91.1 cm³/mol. The van der Waals surface area contributed by atoms with E-state index in [4.69, 9.17) is 4.74 Å². The maximum atomic E-state index is 11.9. The van der Waals surface area contributed by atoms with E-state index in [1.807, 2.05) is 37.7 Å². The Morgan fingerprint density at radius 3 is 2.77 bits per heavy atom. The van der Waals surface area contributed by atoms with Crippen LogP contribution in [-0.4, -0.2) is 50.4 Å². The van der Waals surface area contributed by atoms with Crippen LogP contribution in [0.4, 0.5) is 0 Å². The summed E-state index contributed by atoms with van der Waals surface area (Å²) in [5.74, 6) is 3.11. The minimum absolute atomic E-state index is 0.0268. The lowest BCUT2D eigenvalue weighted by atomic mass is 10.0. The molecule has 0 unspecified atom stereocenters. The number of carbonyl (C=O) groups is 1. The van der Waals surface area contributed by atoms with Gasteiger partial charge in [-0.1, -0.05) is 0 Å². The molecule has 22 heavy (non-hydrogen) atoms. The molecule has 2 rings (SSSR count). The lowest BCUT2D eigenvalue weighted by Crippen LogP contribution is -3.14. The Balaban J connectivity index is 1.89. The molecule has 1 heterocycles. The summed E-state index contributed by atoms with van der Waals surface area (Å²) < 4.78 is 5.29. The maximum Gasteiger partial charge on any atom is 0.295 e. The topological polar surface area (TPSA) is 55.1 Å². The van der Waals surface area contributed by atoms with Crippen molar-refractivity contribution in [3.63, 3.8) is 0 Å². The van der Waals surface area contributed by atoms with Gasteiger partial charge in [0.05, 0.1) is 26.4 Å². The van der Waals surface area contributed by atoms with E-state index >= 15 is 0 Å². The molecule has 0 saturated carbocycles. The van der Waals surface area contributed by atoms with Crippen LogP contribution in [-0.2, 0) is 4.79 Å². The van der Waals surface area contributed by atoms with Crippen molar-refractivity contribution in [3.8, 4) is 5.75 Å². The summed E-state index contributed by atoms with van der Waals surface area (Å²) in [6, 6.07) is 3.87. The van der Waals surface area contributed by atoms with Gasteiger partial charge in [-0.05, 0) is 42.7 Å². The van der Waals surface area contributed by atoms with Gasteiger partial charge in [-0.15, -0.1) is 0 Å². The fourth-order valence-electron chi connectivity index (χ4n) is 2.46. The number of thioether (sulfide) groups is 1. The Bertz CT molecular complexity index is 555. The van der Waals surface area contributed by atoms with Gasteiger partial charge < -0.3 is 9.64 Å². The van der Waals surface area contributed by atoms with E-state index in [2.05, 4.69) is 10.5 Å². The minimum atomic E-state index is -0.0268. The maximum absolute atomic E-state index is 11.9. The SMILES string of the molecule is COc1ccc(/C=N\NC(=O)C[NH+]2CCSCC2)c(C)c1C. The molecule has 1 fully saturated rings. The summed E-state index contributed by atoms with van der Waals surface area (Å²) in [6.45, 7) is 6.65. The standard InChI is InChI=1S/C16H23N3O2S/c1-12-13(2)15(21-3)5-4-14(12)10-17-18-16(20)11-19-6-8-22-9-7-19/h4-5,10H,6-9,11H2,1-3H3,(H,18,20)/p+1/b17-10-. The van der Waals surface area contributed by atoms with E-state index in [1.165, 1.54) is 4.90 Å². The third kappa shape index (κ3) is 4.48. The number of benzene rings is 1. The number of nitrogens with zero attached hydrogens (tertiary/aromatic N) is 1. The highest BCUT2D eigenvalue weighted by molar-refractivity contribution is 7.99. The molecule has 0 atom stereocenters. The van der Waals surface area contributed by atoms with Crippen molar-refractivity contribution >= 4 is 23.9 Å². The Kier molecular flexibility index (Phi) is 6.27. The number of nitrogens with one attached hydrogen (secondary N) is 2. The molecule has 0 aliphatic carbocycles. The quantitative estimate of drug-likeness (QED) is 0.609. The van der Waals surface area contributed by atoms with Gasteiger partial charge in [0, 0.05) is 11.5 Å². The lowest BCUT2D eigenvalue weighted by molar-refractivity contribution is -0.888. The predicted octanol–water partition coefficient (Wildman–Crippen LogP) is 0.394. The normalized spacial score (nSPS) is 16.0. The van der Waals surface area contributed by atoms with Gasteiger partial charge in [-0.25, -0.2) is 5.43 Å². The highest BCUT2D eigenvalue weighted by Crippen LogP contribution is 2.22. The zero-order valence-electron chi connectivity index (χ0n) is 13.4. The van der Waals surface area contributed by atoms with Crippen LogP contribution in [0.1, 0.15) is 16.7 Å². The Morgan fingerprint density at radius 2 is 2.09 bits per heavy atom. The first kappa shape index (κ1) is 16.8. The van der Waals surface area contributed by atoms with Crippen molar-refractivity contribution in [1.29, 1.82) is 0 Å². The number of rotatable bonds is 5. The van der Waals surface area contributed by atoms with Crippen LogP contribution >= 0.6 is 11.8 Å². The molecule has 0 bridgehead atoms. The van der Waals surface area contributed by atoms with Crippen molar-refractivity contribution in [2.75, 3.05) is 38.2 Å². The number of hydrogen-bond acceptors (Lipinski definition) is 4. The molecule has 1 aromatic rings. The molecule has 0 aromatic heterocycles. The molecule has 1 aromatic carbocycles. The third-order valence-corrected chi connectivity index (χ3v) is 4.99. The van der Waals surface area contributed by atoms with Crippen LogP contribution in [0.25, 0.3) is 0 Å². The summed E-state index contributed by atoms with van der Waals surface area (Å²) in [5, 5.41) is 4.08. The number of ether oxygens (including phenoxy) is 1. The van der Waals surface area contributed by atoms with Gasteiger partial charge >= 0.3 is 0 Å². The molecule has 5 nitrogen and oxygen atoms in total. The Labute approximate surface area is 136 Å².